The lowest BCUT2D eigenvalue weighted by atomic mass is 10.1. The van der Waals surface area contributed by atoms with Crippen molar-refractivity contribution in [1.82, 2.24) is 0 Å². The second kappa shape index (κ2) is 8.13. The van der Waals surface area contributed by atoms with E-state index in [1.807, 2.05) is 0 Å². The van der Waals surface area contributed by atoms with Crippen LogP contribution >= 0.6 is 0 Å². The SMILES string of the molecule is CCc1ccc(CCC(=O)Nc2cccc(CC(=O)O)c2)cc1. The van der Waals surface area contributed by atoms with E-state index in [0.717, 1.165) is 12.0 Å². The molecule has 0 spiro atoms. The summed E-state index contributed by atoms with van der Waals surface area (Å²) < 4.78 is 0. The van der Waals surface area contributed by atoms with Gasteiger partial charge in [-0.05, 0) is 41.7 Å². The number of carbonyl (C=O) groups is 2. The molecule has 120 valence electrons. The summed E-state index contributed by atoms with van der Waals surface area (Å²) in [5, 5.41) is 11.6. The topological polar surface area (TPSA) is 66.4 Å². The lowest BCUT2D eigenvalue weighted by Gasteiger charge is -2.07. The molecule has 0 unspecified atom stereocenters. The number of amides is 1. The van der Waals surface area contributed by atoms with Gasteiger partial charge >= 0.3 is 5.97 Å². The van der Waals surface area contributed by atoms with Crippen LogP contribution < -0.4 is 5.32 Å². The molecule has 0 aliphatic heterocycles. The minimum absolute atomic E-state index is 0.0481. The van der Waals surface area contributed by atoms with Gasteiger partial charge in [0.1, 0.15) is 0 Å². The van der Waals surface area contributed by atoms with E-state index in [0.29, 0.717) is 24.1 Å². The van der Waals surface area contributed by atoms with E-state index in [9.17, 15) is 9.59 Å². The number of benzene rings is 2. The van der Waals surface area contributed by atoms with Crippen LogP contribution in [0.25, 0.3) is 0 Å². The second-order valence-corrected chi connectivity index (χ2v) is 5.49. The molecule has 0 aliphatic carbocycles. The van der Waals surface area contributed by atoms with Gasteiger partial charge in [0.15, 0.2) is 0 Å². The number of aliphatic carboxylic acids is 1. The largest absolute Gasteiger partial charge is 0.481 e. The predicted octanol–water partition coefficient (Wildman–Crippen LogP) is 3.45. The Labute approximate surface area is 136 Å². The van der Waals surface area contributed by atoms with Crippen LogP contribution in [-0.2, 0) is 28.9 Å². The number of rotatable bonds is 7. The average molecular weight is 311 g/mol. The van der Waals surface area contributed by atoms with E-state index in [1.165, 1.54) is 5.56 Å². The van der Waals surface area contributed by atoms with Gasteiger partial charge in [-0.2, -0.15) is 0 Å². The molecule has 2 aromatic carbocycles. The van der Waals surface area contributed by atoms with E-state index in [4.69, 9.17) is 5.11 Å². The van der Waals surface area contributed by atoms with Crippen LogP contribution in [0.15, 0.2) is 48.5 Å². The standard InChI is InChI=1S/C19H21NO3/c1-2-14-6-8-15(9-7-14)10-11-18(21)20-17-5-3-4-16(12-17)13-19(22)23/h3-9,12H,2,10-11,13H2,1H3,(H,20,21)(H,22,23). The molecule has 0 saturated heterocycles. The molecule has 23 heavy (non-hydrogen) atoms. The third-order valence-electron chi connectivity index (χ3n) is 3.64. The lowest BCUT2D eigenvalue weighted by Crippen LogP contribution is -2.12. The van der Waals surface area contributed by atoms with Gasteiger partial charge in [-0.15, -0.1) is 0 Å². The van der Waals surface area contributed by atoms with Crippen LogP contribution in [0.2, 0.25) is 0 Å². The van der Waals surface area contributed by atoms with E-state index < -0.39 is 5.97 Å². The normalized spacial score (nSPS) is 10.3. The van der Waals surface area contributed by atoms with Gasteiger partial charge < -0.3 is 10.4 Å². The zero-order chi connectivity index (χ0) is 16.7. The summed E-state index contributed by atoms with van der Waals surface area (Å²) in [5.41, 5.74) is 3.73. The number of hydrogen-bond donors (Lipinski definition) is 2. The molecule has 4 heteroatoms. The van der Waals surface area contributed by atoms with Crippen LogP contribution in [0.3, 0.4) is 0 Å². The van der Waals surface area contributed by atoms with Crippen molar-refractivity contribution in [3.8, 4) is 0 Å². The zero-order valence-electron chi connectivity index (χ0n) is 13.2. The van der Waals surface area contributed by atoms with E-state index in [2.05, 4.69) is 36.5 Å². The molecule has 0 fully saturated rings. The molecule has 4 nitrogen and oxygen atoms in total. The first-order chi connectivity index (χ1) is 11.1. The van der Waals surface area contributed by atoms with Gasteiger partial charge in [0.05, 0.1) is 6.42 Å². The van der Waals surface area contributed by atoms with Crippen LogP contribution in [0.4, 0.5) is 5.69 Å². The van der Waals surface area contributed by atoms with Crippen LogP contribution in [0.1, 0.15) is 30.0 Å². The molecule has 0 aromatic heterocycles. The highest BCUT2D eigenvalue weighted by atomic mass is 16.4. The molecule has 2 aromatic rings. The van der Waals surface area contributed by atoms with Crippen molar-refractivity contribution < 1.29 is 14.7 Å². The molecule has 2 rings (SSSR count). The summed E-state index contributed by atoms with van der Waals surface area (Å²) in [6, 6.07) is 15.2. The fraction of sp³-hybridized carbons (Fsp3) is 0.263. The van der Waals surface area contributed by atoms with Crippen molar-refractivity contribution in [3.63, 3.8) is 0 Å². The maximum absolute atomic E-state index is 12.0. The molecule has 0 aliphatic rings. The van der Waals surface area contributed by atoms with Gasteiger partial charge in [0.2, 0.25) is 5.91 Å². The number of carboxylic acid groups (broad SMARTS) is 1. The lowest BCUT2D eigenvalue weighted by molar-refractivity contribution is -0.136. The van der Waals surface area contributed by atoms with Crippen molar-refractivity contribution in [1.29, 1.82) is 0 Å². The van der Waals surface area contributed by atoms with Gasteiger partial charge in [0, 0.05) is 12.1 Å². The predicted molar refractivity (Wildman–Crippen MR) is 90.6 cm³/mol. The number of anilines is 1. The Bertz CT molecular complexity index is 677. The van der Waals surface area contributed by atoms with Crippen LogP contribution in [0, 0.1) is 0 Å². The second-order valence-electron chi connectivity index (χ2n) is 5.49. The fourth-order valence-electron chi connectivity index (χ4n) is 2.36. The number of aryl methyl sites for hydroxylation is 2. The Hall–Kier alpha value is -2.62. The Morgan fingerprint density at radius 3 is 2.35 bits per heavy atom. The van der Waals surface area contributed by atoms with Gasteiger partial charge in [-0.1, -0.05) is 43.3 Å². The highest BCUT2D eigenvalue weighted by molar-refractivity contribution is 5.91. The van der Waals surface area contributed by atoms with Crippen molar-refractivity contribution >= 4 is 17.6 Å². The van der Waals surface area contributed by atoms with Crippen molar-refractivity contribution in [3.05, 3.63) is 65.2 Å². The van der Waals surface area contributed by atoms with Crippen LogP contribution in [0.5, 0.6) is 0 Å². The van der Waals surface area contributed by atoms with E-state index >= 15 is 0 Å². The van der Waals surface area contributed by atoms with Crippen LogP contribution in [-0.4, -0.2) is 17.0 Å². The van der Waals surface area contributed by atoms with Crippen molar-refractivity contribution in [2.24, 2.45) is 0 Å². The zero-order valence-corrected chi connectivity index (χ0v) is 13.2. The number of carboxylic acids is 1. The maximum atomic E-state index is 12.0. The molecule has 0 radical (unpaired) electrons. The number of hydrogen-bond acceptors (Lipinski definition) is 2. The highest BCUT2D eigenvalue weighted by Gasteiger charge is 2.05. The molecule has 0 bridgehead atoms. The monoisotopic (exact) mass is 311 g/mol. The maximum Gasteiger partial charge on any atom is 0.307 e. The third-order valence-corrected chi connectivity index (χ3v) is 3.64. The van der Waals surface area contributed by atoms with Gasteiger partial charge in [-0.3, -0.25) is 9.59 Å². The van der Waals surface area contributed by atoms with E-state index in [-0.39, 0.29) is 12.3 Å². The van der Waals surface area contributed by atoms with Gasteiger partial charge in [0.25, 0.3) is 0 Å². The molecular weight excluding hydrogens is 290 g/mol. The smallest absolute Gasteiger partial charge is 0.307 e. The average Bonchev–Trinajstić information content (AvgIpc) is 2.53. The number of carbonyl (C=O) groups excluding carboxylic acids is 1. The summed E-state index contributed by atoms with van der Waals surface area (Å²) >= 11 is 0. The van der Waals surface area contributed by atoms with Crippen molar-refractivity contribution in [2.75, 3.05) is 5.32 Å². The summed E-state index contributed by atoms with van der Waals surface area (Å²) in [5.74, 6) is -0.957. The molecular formula is C19H21NO3. The molecule has 0 atom stereocenters. The summed E-state index contributed by atoms with van der Waals surface area (Å²) in [6.45, 7) is 2.11. The Morgan fingerprint density at radius 2 is 1.70 bits per heavy atom. The minimum atomic E-state index is -0.885. The van der Waals surface area contributed by atoms with Crippen molar-refractivity contribution in [2.45, 2.75) is 32.6 Å². The number of nitrogens with one attached hydrogen (secondary N) is 1. The Kier molecular flexibility index (Phi) is 5.92. The molecule has 0 saturated carbocycles. The molecule has 0 heterocycles. The minimum Gasteiger partial charge on any atom is -0.481 e. The third kappa shape index (κ3) is 5.58. The van der Waals surface area contributed by atoms with Gasteiger partial charge in [-0.25, -0.2) is 0 Å². The molecule has 2 N–H and O–H groups in total. The first-order valence-corrected chi connectivity index (χ1v) is 7.75. The Morgan fingerprint density at radius 1 is 1.00 bits per heavy atom. The quantitative estimate of drug-likeness (QED) is 0.823. The summed E-state index contributed by atoms with van der Waals surface area (Å²) in [6.07, 6.45) is 2.04. The fourth-order valence-corrected chi connectivity index (χ4v) is 2.36. The van der Waals surface area contributed by atoms with E-state index in [1.54, 1.807) is 24.3 Å². The first-order valence-electron chi connectivity index (χ1n) is 7.75. The summed E-state index contributed by atoms with van der Waals surface area (Å²) in [4.78, 5) is 22.7. The molecule has 1 amide bonds. The Balaban J connectivity index is 1.87. The highest BCUT2D eigenvalue weighted by Crippen LogP contribution is 2.13. The summed E-state index contributed by atoms with van der Waals surface area (Å²) in [7, 11) is 0. The first kappa shape index (κ1) is 16.7.